The molecule has 1 fully saturated rings. The van der Waals surface area contributed by atoms with Crippen LogP contribution in [0.4, 0.5) is 10.4 Å². The van der Waals surface area contributed by atoms with Crippen LogP contribution < -0.4 is 5.32 Å². The Morgan fingerprint density at radius 1 is 1.13 bits per heavy atom. The summed E-state index contributed by atoms with van der Waals surface area (Å²) in [7, 11) is -3.83. The first-order valence-corrected chi connectivity index (χ1v) is 11.3. The highest BCUT2D eigenvalue weighted by Gasteiger charge is 2.33. The third-order valence-electron chi connectivity index (χ3n) is 4.95. The predicted octanol–water partition coefficient (Wildman–Crippen LogP) is 3.57. The van der Waals surface area contributed by atoms with E-state index in [-0.39, 0.29) is 29.9 Å². The van der Waals surface area contributed by atoms with E-state index in [9.17, 15) is 17.6 Å². The number of rotatable bonds is 5. The first kappa shape index (κ1) is 21.4. The summed E-state index contributed by atoms with van der Waals surface area (Å²) in [4.78, 5) is 12.7. The number of hydrogen-bond acceptors (Lipinski definition) is 6. The number of sulfonamides is 1. The van der Waals surface area contributed by atoms with Gasteiger partial charge < -0.3 is 4.42 Å². The number of nitrogens with zero attached hydrogens (tertiary/aromatic N) is 3. The number of amides is 1. The Kier molecular flexibility index (Phi) is 6.03. The fraction of sp³-hybridized carbons (Fsp3) is 0.250. The maximum absolute atomic E-state index is 13.1. The molecular weight excluding hydrogens is 447 g/mol. The van der Waals surface area contributed by atoms with Crippen molar-refractivity contribution in [2.45, 2.75) is 17.7 Å². The Labute approximate surface area is 183 Å². The Morgan fingerprint density at radius 2 is 1.84 bits per heavy atom. The van der Waals surface area contributed by atoms with Gasteiger partial charge in [-0.2, -0.15) is 4.31 Å². The van der Waals surface area contributed by atoms with E-state index in [0.717, 1.165) is 12.1 Å². The van der Waals surface area contributed by atoms with E-state index in [4.69, 9.17) is 16.0 Å². The monoisotopic (exact) mass is 464 g/mol. The van der Waals surface area contributed by atoms with Crippen molar-refractivity contribution in [3.8, 4) is 11.5 Å². The van der Waals surface area contributed by atoms with Gasteiger partial charge in [0.25, 0.3) is 0 Å². The van der Waals surface area contributed by atoms with Crippen molar-refractivity contribution in [1.29, 1.82) is 0 Å². The van der Waals surface area contributed by atoms with Crippen LogP contribution in [-0.2, 0) is 14.8 Å². The summed E-state index contributed by atoms with van der Waals surface area (Å²) < 4.78 is 45.5. The minimum Gasteiger partial charge on any atom is -0.403 e. The molecule has 1 saturated heterocycles. The average Bonchev–Trinajstić information content (AvgIpc) is 3.23. The van der Waals surface area contributed by atoms with Crippen molar-refractivity contribution in [3.63, 3.8) is 0 Å². The molecule has 162 valence electrons. The zero-order valence-corrected chi connectivity index (χ0v) is 17.7. The standard InChI is InChI=1S/C20H18ClFN4O4S/c21-15-5-3-13(4-6-15)19-24-25-20(30-19)23-18(27)14-2-1-11-26(12-14)31(28,29)17-9-7-16(22)8-10-17/h3-10,14H,1-2,11-12H2,(H,23,25,27). The molecule has 1 aliphatic rings. The molecule has 1 unspecified atom stereocenters. The number of nitrogens with one attached hydrogen (secondary N) is 1. The van der Waals surface area contributed by atoms with Gasteiger partial charge in [0.2, 0.25) is 21.8 Å². The quantitative estimate of drug-likeness (QED) is 0.618. The number of aromatic nitrogens is 2. The summed E-state index contributed by atoms with van der Waals surface area (Å²) in [5.41, 5.74) is 0.645. The summed E-state index contributed by atoms with van der Waals surface area (Å²) in [5, 5.41) is 10.8. The predicted molar refractivity (Wildman–Crippen MR) is 111 cm³/mol. The van der Waals surface area contributed by atoms with Crippen molar-refractivity contribution in [2.24, 2.45) is 5.92 Å². The molecular formula is C20H18ClFN4O4S. The van der Waals surface area contributed by atoms with Gasteiger partial charge in [0.1, 0.15) is 5.82 Å². The Hall–Kier alpha value is -2.82. The second kappa shape index (κ2) is 8.74. The molecule has 0 saturated carbocycles. The third-order valence-corrected chi connectivity index (χ3v) is 7.08. The topological polar surface area (TPSA) is 105 Å². The molecule has 2 heterocycles. The van der Waals surface area contributed by atoms with E-state index in [1.807, 2.05) is 0 Å². The molecule has 11 heteroatoms. The van der Waals surface area contributed by atoms with E-state index in [0.29, 0.717) is 23.4 Å². The zero-order chi connectivity index (χ0) is 22.0. The van der Waals surface area contributed by atoms with E-state index in [1.54, 1.807) is 24.3 Å². The number of piperidine rings is 1. The van der Waals surface area contributed by atoms with Gasteiger partial charge in [0, 0.05) is 23.7 Å². The molecule has 2 aromatic carbocycles. The van der Waals surface area contributed by atoms with Crippen LogP contribution in [-0.4, -0.2) is 41.9 Å². The number of anilines is 1. The van der Waals surface area contributed by atoms with E-state index in [2.05, 4.69) is 15.5 Å². The lowest BCUT2D eigenvalue weighted by Gasteiger charge is -2.30. The van der Waals surface area contributed by atoms with Crippen molar-refractivity contribution in [3.05, 3.63) is 59.4 Å². The summed E-state index contributed by atoms with van der Waals surface area (Å²) in [6.45, 7) is 0.286. The molecule has 8 nitrogen and oxygen atoms in total. The third kappa shape index (κ3) is 4.76. The Morgan fingerprint density at radius 3 is 2.55 bits per heavy atom. The molecule has 1 aromatic heterocycles. The van der Waals surface area contributed by atoms with Crippen molar-refractivity contribution < 1.29 is 22.0 Å². The van der Waals surface area contributed by atoms with Crippen molar-refractivity contribution >= 4 is 33.5 Å². The fourth-order valence-electron chi connectivity index (χ4n) is 3.32. The van der Waals surface area contributed by atoms with Gasteiger partial charge in [-0.3, -0.25) is 10.1 Å². The molecule has 3 aromatic rings. The van der Waals surface area contributed by atoms with Crippen LogP contribution in [0, 0.1) is 11.7 Å². The van der Waals surface area contributed by atoms with Gasteiger partial charge in [-0.05, 0) is 61.4 Å². The van der Waals surface area contributed by atoms with Crippen LogP contribution in [0.1, 0.15) is 12.8 Å². The van der Waals surface area contributed by atoms with E-state index in [1.165, 1.54) is 16.4 Å². The minimum absolute atomic E-state index is 0.00369. The van der Waals surface area contributed by atoms with Gasteiger partial charge in [-0.1, -0.05) is 16.7 Å². The molecule has 4 rings (SSSR count). The first-order valence-electron chi connectivity index (χ1n) is 9.49. The lowest BCUT2D eigenvalue weighted by Crippen LogP contribution is -2.43. The number of carbonyl (C=O) groups excluding carboxylic acids is 1. The smallest absolute Gasteiger partial charge is 0.322 e. The van der Waals surface area contributed by atoms with Gasteiger partial charge >= 0.3 is 6.01 Å². The first-order chi connectivity index (χ1) is 14.8. The zero-order valence-electron chi connectivity index (χ0n) is 16.2. The van der Waals surface area contributed by atoms with Crippen molar-refractivity contribution in [1.82, 2.24) is 14.5 Å². The average molecular weight is 465 g/mol. The molecule has 1 amide bonds. The van der Waals surface area contributed by atoms with Crippen LogP contribution in [0.2, 0.25) is 5.02 Å². The van der Waals surface area contributed by atoms with E-state index < -0.39 is 27.7 Å². The van der Waals surface area contributed by atoms with Gasteiger partial charge in [0.15, 0.2) is 0 Å². The highest BCUT2D eigenvalue weighted by atomic mass is 35.5. The van der Waals surface area contributed by atoms with Gasteiger partial charge in [-0.25, -0.2) is 12.8 Å². The van der Waals surface area contributed by atoms with Crippen LogP contribution in [0.3, 0.4) is 0 Å². The number of carbonyl (C=O) groups is 1. The van der Waals surface area contributed by atoms with Crippen LogP contribution >= 0.6 is 11.6 Å². The van der Waals surface area contributed by atoms with Crippen LogP contribution in [0.5, 0.6) is 0 Å². The lowest BCUT2D eigenvalue weighted by molar-refractivity contribution is -0.121. The summed E-state index contributed by atoms with van der Waals surface area (Å²) in [6, 6.07) is 11.3. The van der Waals surface area contributed by atoms with Crippen molar-refractivity contribution in [2.75, 3.05) is 18.4 Å². The maximum Gasteiger partial charge on any atom is 0.322 e. The Bertz CT molecular complexity index is 1180. The summed E-state index contributed by atoms with van der Waals surface area (Å²) in [5.74, 6) is -1.30. The summed E-state index contributed by atoms with van der Waals surface area (Å²) >= 11 is 5.86. The molecule has 0 bridgehead atoms. The molecule has 0 spiro atoms. The van der Waals surface area contributed by atoms with Gasteiger partial charge in [-0.15, -0.1) is 5.10 Å². The Balaban J connectivity index is 1.43. The molecule has 1 N–H and O–H groups in total. The fourth-order valence-corrected chi connectivity index (χ4v) is 4.97. The molecule has 0 aliphatic carbocycles. The number of halogens is 2. The minimum atomic E-state index is -3.83. The van der Waals surface area contributed by atoms with E-state index >= 15 is 0 Å². The highest BCUT2D eigenvalue weighted by Crippen LogP contribution is 2.26. The second-order valence-electron chi connectivity index (χ2n) is 7.06. The number of hydrogen-bond donors (Lipinski definition) is 1. The normalized spacial score (nSPS) is 17.4. The van der Waals surface area contributed by atoms with Crippen LogP contribution in [0.15, 0.2) is 57.8 Å². The number of benzene rings is 2. The molecule has 0 radical (unpaired) electrons. The molecule has 1 aliphatic heterocycles. The second-order valence-corrected chi connectivity index (χ2v) is 9.44. The highest BCUT2D eigenvalue weighted by molar-refractivity contribution is 7.89. The SMILES string of the molecule is O=C(Nc1nnc(-c2ccc(Cl)cc2)o1)C1CCCN(S(=O)(=O)c2ccc(F)cc2)C1. The molecule has 1 atom stereocenters. The largest absolute Gasteiger partial charge is 0.403 e. The molecule has 31 heavy (non-hydrogen) atoms. The summed E-state index contributed by atoms with van der Waals surface area (Å²) in [6.07, 6.45) is 1.03. The maximum atomic E-state index is 13.1. The van der Waals surface area contributed by atoms with Crippen LogP contribution in [0.25, 0.3) is 11.5 Å². The van der Waals surface area contributed by atoms with Gasteiger partial charge in [0.05, 0.1) is 10.8 Å². The lowest BCUT2D eigenvalue weighted by atomic mass is 9.99.